The van der Waals surface area contributed by atoms with Crippen molar-refractivity contribution in [3.8, 4) is 11.5 Å². The Balaban J connectivity index is 1.90. The second-order valence-electron chi connectivity index (χ2n) is 7.35. The summed E-state index contributed by atoms with van der Waals surface area (Å²) in [7, 11) is 5.41. The quantitative estimate of drug-likeness (QED) is 0.475. The lowest BCUT2D eigenvalue weighted by molar-refractivity contribution is 0.265. The molecule has 2 rings (SSSR count). The van der Waals surface area contributed by atoms with Gasteiger partial charge in [-0.3, -0.25) is 4.90 Å². The normalized spacial score (nSPS) is 11.8. The zero-order valence-corrected chi connectivity index (χ0v) is 18.2. The fourth-order valence-corrected chi connectivity index (χ4v) is 2.91. The molecule has 0 aliphatic rings. The first kappa shape index (κ1) is 22.6. The zero-order valence-electron chi connectivity index (χ0n) is 18.2. The lowest BCUT2D eigenvalue weighted by Crippen LogP contribution is -2.33. The van der Waals surface area contributed by atoms with Crippen LogP contribution in [0.3, 0.4) is 0 Å². The maximum absolute atomic E-state index is 6.07. The van der Waals surface area contributed by atoms with Crippen LogP contribution in [0.4, 0.5) is 0 Å². The van der Waals surface area contributed by atoms with Crippen molar-refractivity contribution in [2.75, 3.05) is 27.8 Å². The number of methoxy groups -OCH3 is 2. The minimum Gasteiger partial charge on any atom is -0.493 e. The summed E-state index contributed by atoms with van der Waals surface area (Å²) in [6.07, 6.45) is 0.812. The summed E-state index contributed by atoms with van der Waals surface area (Å²) >= 11 is 0. The third-order valence-corrected chi connectivity index (χ3v) is 5.01. The average Bonchev–Trinajstić information content (AvgIpc) is 2.72. The van der Waals surface area contributed by atoms with E-state index in [2.05, 4.69) is 54.3 Å². The Bertz CT molecular complexity index is 805. The second-order valence-corrected chi connectivity index (χ2v) is 7.35. The van der Waals surface area contributed by atoms with Crippen molar-refractivity contribution in [1.29, 1.82) is 0 Å². The first-order chi connectivity index (χ1) is 13.9. The molecule has 0 aliphatic carbocycles. The molecule has 0 unspecified atom stereocenters. The molecule has 0 fully saturated rings. The molecule has 0 aromatic heterocycles. The average molecular weight is 399 g/mol. The summed E-state index contributed by atoms with van der Waals surface area (Å²) in [5.74, 6) is 1.92. The van der Waals surface area contributed by atoms with Crippen LogP contribution in [0.15, 0.2) is 47.5 Å². The Morgan fingerprint density at radius 2 is 1.76 bits per heavy atom. The van der Waals surface area contributed by atoms with Crippen molar-refractivity contribution in [1.82, 2.24) is 10.2 Å². The van der Waals surface area contributed by atoms with Crippen LogP contribution >= 0.6 is 0 Å². The number of aliphatic imine (C=N–C) groups is 1. The van der Waals surface area contributed by atoms with Gasteiger partial charge in [0.25, 0.3) is 0 Å². The largest absolute Gasteiger partial charge is 0.493 e. The van der Waals surface area contributed by atoms with Crippen LogP contribution in [0.1, 0.15) is 30.5 Å². The van der Waals surface area contributed by atoms with E-state index in [9.17, 15) is 0 Å². The van der Waals surface area contributed by atoms with Crippen molar-refractivity contribution in [2.45, 2.75) is 39.4 Å². The number of nitrogens with two attached hydrogens (primary N) is 1. The van der Waals surface area contributed by atoms with Crippen LogP contribution in [0.5, 0.6) is 11.5 Å². The summed E-state index contributed by atoms with van der Waals surface area (Å²) in [5, 5.41) is 3.19. The van der Waals surface area contributed by atoms with Crippen molar-refractivity contribution in [3.05, 3.63) is 59.2 Å². The van der Waals surface area contributed by atoms with Crippen molar-refractivity contribution in [3.63, 3.8) is 0 Å². The maximum Gasteiger partial charge on any atom is 0.188 e. The van der Waals surface area contributed by atoms with Crippen LogP contribution in [0.2, 0.25) is 0 Å². The molecule has 0 heterocycles. The smallest absolute Gasteiger partial charge is 0.188 e. The van der Waals surface area contributed by atoms with E-state index in [0.717, 1.165) is 30.0 Å². The summed E-state index contributed by atoms with van der Waals surface area (Å²) < 4.78 is 10.6. The molecule has 2 aromatic rings. The van der Waals surface area contributed by atoms with E-state index >= 15 is 0 Å². The van der Waals surface area contributed by atoms with Gasteiger partial charge in [-0.05, 0) is 56.1 Å². The van der Waals surface area contributed by atoms with Crippen LogP contribution in [0, 0.1) is 0 Å². The van der Waals surface area contributed by atoms with Crippen molar-refractivity contribution >= 4 is 5.96 Å². The number of rotatable bonds is 10. The Morgan fingerprint density at radius 3 is 2.41 bits per heavy atom. The molecule has 0 saturated heterocycles. The Labute approximate surface area is 174 Å². The highest BCUT2D eigenvalue weighted by molar-refractivity contribution is 5.77. The molecule has 29 heavy (non-hydrogen) atoms. The van der Waals surface area contributed by atoms with Gasteiger partial charge in [-0.15, -0.1) is 0 Å². The van der Waals surface area contributed by atoms with Crippen molar-refractivity contribution in [2.24, 2.45) is 10.7 Å². The first-order valence-electron chi connectivity index (χ1n) is 9.96. The Morgan fingerprint density at radius 1 is 1.07 bits per heavy atom. The predicted octanol–water partition coefficient (Wildman–Crippen LogP) is 3.19. The first-order valence-corrected chi connectivity index (χ1v) is 9.96. The number of nitrogens with zero attached hydrogens (tertiary/aromatic N) is 2. The van der Waals surface area contributed by atoms with Gasteiger partial charge in [0, 0.05) is 19.1 Å². The van der Waals surface area contributed by atoms with Gasteiger partial charge < -0.3 is 20.5 Å². The highest BCUT2D eigenvalue weighted by Crippen LogP contribution is 2.27. The number of guanidine groups is 1. The molecule has 6 nitrogen and oxygen atoms in total. The standard InChI is InChI=1S/C23H34N4O2/c1-17(2)27(3)16-20-9-7-6-8-19(20)15-26-23(24)25-13-12-18-10-11-21(28-4)22(14-18)29-5/h6-11,14,17H,12-13,15-16H2,1-5H3,(H3,24,25,26). The van der Waals surface area contributed by atoms with Gasteiger partial charge >= 0.3 is 0 Å². The van der Waals surface area contributed by atoms with E-state index < -0.39 is 0 Å². The fraction of sp³-hybridized carbons (Fsp3) is 0.435. The second kappa shape index (κ2) is 11.3. The molecule has 0 aliphatic heterocycles. The third-order valence-electron chi connectivity index (χ3n) is 5.01. The third kappa shape index (κ3) is 6.98. The molecule has 6 heteroatoms. The lowest BCUT2D eigenvalue weighted by atomic mass is 10.1. The molecule has 0 radical (unpaired) electrons. The predicted molar refractivity (Wildman–Crippen MR) is 120 cm³/mol. The van der Waals surface area contributed by atoms with Gasteiger partial charge in [-0.2, -0.15) is 0 Å². The topological polar surface area (TPSA) is 72.1 Å². The highest BCUT2D eigenvalue weighted by atomic mass is 16.5. The highest BCUT2D eigenvalue weighted by Gasteiger charge is 2.08. The van der Waals surface area contributed by atoms with Gasteiger partial charge in [0.05, 0.1) is 20.8 Å². The fourth-order valence-electron chi connectivity index (χ4n) is 2.91. The van der Waals surface area contributed by atoms with Gasteiger partial charge in [0.2, 0.25) is 0 Å². The van der Waals surface area contributed by atoms with Crippen LogP contribution < -0.4 is 20.5 Å². The van der Waals surface area contributed by atoms with Crippen LogP contribution in [-0.2, 0) is 19.5 Å². The molecule has 0 atom stereocenters. The molecule has 0 spiro atoms. The monoisotopic (exact) mass is 398 g/mol. The molecular weight excluding hydrogens is 364 g/mol. The minimum atomic E-state index is 0.456. The van der Waals surface area contributed by atoms with E-state index in [1.165, 1.54) is 11.1 Å². The SMILES string of the molecule is COc1ccc(CCNC(N)=NCc2ccccc2CN(C)C(C)C)cc1OC. The van der Waals surface area contributed by atoms with E-state index in [4.69, 9.17) is 15.2 Å². The molecule has 158 valence electrons. The van der Waals surface area contributed by atoms with Gasteiger partial charge in [-0.25, -0.2) is 4.99 Å². The Kier molecular flexibility index (Phi) is 8.80. The van der Waals surface area contributed by atoms with Gasteiger partial charge in [0.15, 0.2) is 17.5 Å². The van der Waals surface area contributed by atoms with Crippen LogP contribution in [-0.4, -0.2) is 44.7 Å². The number of hydrogen-bond donors (Lipinski definition) is 2. The molecule has 0 saturated carbocycles. The summed E-state index contributed by atoms with van der Waals surface area (Å²) in [4.78, 5) is 6.83. The van der Waals surface area contributed by atoms with Gasteiger partial charge in [0.1, 0.15) is 0 Å². The van der Waals surface area contributed by atoms with E-state index in [1.54, 1.807) is 14.2 Å². The summed E-state index contributed by atoms with van der Waals surface area (Å²) in [6.45, 7) is 6.55. The molecule has 2 aromatic carbocycles. The minimum absolute atomic E-state index is 0.456. The molecule has 3 N–H and O–H groups in total. The zero-order chi connectivity index (χ0) is 21.2. The number of hydrogen-bond acceptors (Lipinski definition) is 4. The molecule has 0 bridgehead atoms. The lowest BCUT2D eigenvalue weighted by Gasteiger charge is -2.22. The number of benzene rings is 2. The van der Waals surface area contributed by atoms with Gasteiger partial charge in [-0.1, -0.05) is 30.3 Å². The maximum atomic E-state index is 6.07. The molecule has 0 amide bonds. The number of nitrogens with one attached hydrogen (secondary N) is 1. The summed E-state index contributed by atoms with van der Waals surface area (Å²) in [5.41, 5.74) is 9.70. The van der Waals surface area contributed by atoms with E-state index in [0.29, 0.717) is 25.1 Å². The van der Waals surface area contributed by atoms with Crippen molar-refractivity contribution < 1.29 is 9.47 Å². The van der Waals surface area contributed by atoms with E-state index in [-0.39, 0.29) is 0 Å². The Hall–Kier alpha value is -2.73. The summed E-state index contributed by atoms with van der Waals surface area (Å²) in [6, 6.07) is 14.8. The van der Waals surface area contributed by atoms with E-state index in [1.807, 2.05) is 24.3 Å². The number of ether oxygens (including phenoxy) is 2. The van der Waals surface area contributed by atoms with Crippen LogP contribution in [0.25, 0.3) is 0 Å². The molecular formula is C23H34N4O2.